The fourth-order valence-corrected chi connectivity index (χ4v) is 5.50. The molecule has 8 heteroatoms. The van der Waals surface area contributed by atoms with Crippen LogP contribution in [0, 0.1) is 5.92 Å². The first-order chi connectivity index (χ1) is 10.0. The van der Waals surface area contributed by atoms with E-state index in [-0.39, 0.29) is 9.56 Å². The van der Waals surface area contributed by atoms with E-state index in [0.29, 0.717) is 24.8 Å². The molecule has 2 N–H and O–H groups in total. The van der Waals surface area contributed by atoms with E-state index in [4.69, 9.17) is 4.42 Å². The first-order valence-electron chi connectivity index (χ1n) is 7.09. The minimum Gasteiger partial charge on any atom is -0.452 e. The molecular weight excluding hydrogens is 376 g/mol. The van der Waals surface area contributed by atoms with Crippen molar-refractivity contribution in [3.8, 4) is 0 Å². The van der Waals surface area contributed by atoms with Crippen molar-refractivity contribution in [2.45, 2.75) is 31.2 Å². The van der Waals surface area contributed by atoms with Crippen molar-refractivity contribution in [1.82, 2.24) is 10.0 Å². The Hall–Kier alpha value is -0.0200. The van der Waals surface area contributed by atoms with Crippen LogP contribution in [0.3, 0.4) is 0 Å². The van der Waals surface area contributed by atoms with E-state index in [1.54, 1.807) is 6.07 Å². The van der Waals surface area contributed by atoms with Gasteiger partial charge in [0, 0.05) is 12.6 Å². The Balaban J connectivity index is 1.97. The quantitative estimate of drug-likeness (QED) is 0.660. The zero-order valence-corrected chi connectivity index (χ0v) is 15.2. The Labute approximate surface area is 138 Å². The molecule has 21 heavy (non-hydrogen) atoms. The van der Waals surface area contributed by atoms with Crippen molar-refractivity contribution >= 4 is 37.7 Å². The lowest BCUT2D eigenvalue weighted by Gasteiger charge is -2.09. The normalized spacial score (nSPS) is 19.2. The first kappa shape index (κ1) is 17.3. The SMILES string of the molecule is CCCNCc1cc(S(=O)(=O)NCC2CCSC2)c(Br)o1. The highest BCUT2D eigenvalue weighted by Crippen LogP contribution is 2.27. The molecule has 5 nitrogen and oxygen atoms in total. The molecule has 0 radical (unpaired) electrons. The van der Waals surface area contributed by atoms with Crippen LogP contribution in [0.4, 0.5) is 0 Å². The highest BCUT2D eigenvalue weighted by molar-refractivity contribution is 9.10. The van der Waals surface area contributed by atoms with Crippen LogP contribution in [-0.2, 0) is 16.6 Å². The molecule has 1 aliphatic rings. The van der Waals surface area contributed by atoms with Crippen LogP contribution in [0.15, 0.2) is 20.0 Å². The second-order valence-corrected chi connectivity index (χ2v) is 8.71. The third-order valence-electron chi connectivity index (χ3n) is 3.31. The van der Waals surface area contributed by atoms with Gasteiger partial charge < -0.3 is 9.73 Å². The molecule has 1 aliphatic heterocycles. The molecule has 1 atom stereocenters. The average molecular weight is 397 g/mol. The molecule has 1 aromatic heterocycles. The lowest BCUT2D eigenvalue weighted by molar-refractivity contribution is 0.460. The Bertz CT molecular complexity index is 554. The maximum absolute atomic E-state index is 12.3. The van der Waals surface area contributed by atoms with Gasteiger partial charge in [0.15, 0.2) is 4.67 Å². The number of thioether (sulfide) groups is 1. The molecule has 120 valence electrons. The van der Waals surface area contributed by atoms with Crippen LogP contribution in [0.1, 0.15) is 25.5 Å². The van der Waals surface area contributed by atoms with Crippen molar-refractivity contribution in [3.05, 3.63) is 16.5 Å². The smallest absolute Gasteiger partial charge is 0.244 e. The second kappa shape index (κ2) is 8.01. The molecule has 0 bridgehead atoms. The van der Waals surface area contributed by atoms with Crippen molar-refractivity contribution in [2.75, 3.05) is 24.6 Å². The number of nitrogens with one attached hydrogen (secondary N) is 2. The van der Waals surface area contributed by atoms with E-state index in [1.165, 1.54) is 0 Å². The van der Waals surface area contributed by atoms with E-state index < -0.39 is 10.0 Å². The van der Waals surface area contributed by atoms with E-state index in [0.717, 1.165) is 30.9 Å². The third-order valence-corrected chi connectivity index (χ3v) is 6.82. The topological polar surface area (TPSA) is 71.3 Å². The van der Waals surface area contributed by atoms with Crippen molar-refractivity contribution in [3.63, 3.8) is 0 Å². The molecule has 1 saturated heterocycles. The van der Waals surface area contributed by atoms with Gasteiger partial charge in [-0.1, -0.05) is 6.92 Å². The molecule has 0 aliphatic carbocycles. The molecular formula is C13H21BrN2O3S2. The number of sulfonamides is 1. The van der Waals surface area contributed by atoms with Crippen LogP contribution in [0.2, 0.25) is 0 Å². The van der Waals surface area contributed by atoms with Gasteiger partial charge in [-0.05, 0) is 52.7 Å². The molecule has 0 aromatic carbocycles. The lowest BCUT2D eigenvalue weighted by atomic mass is 10.1. The van der Waals surface area contributed by atoms with Gasteiger partial charge >= 0.3 is 0 Å². The van der Waals surface area contributed by atoms with Gasteiger partial charge in [0.1, 0.15) is 10.7 Å². The van der Waals surface area contributed by atoms with Gasteiger partial charge in [0.05, 0.1) is 6.54 Å². The summed E-state index contributed by atoms with van der Waals surface area (Å²) in [7, 11) is -3.52. The minimum absolute atomic E-state index is 0.182. The molecule has 1 unspecified atom stereocenters. The van der Waals surface area contributed by atoms with E-state index in [2.05, 4.69) is 32.9 Å². The number of hydrogen-bond acceptors (Lipinski definition) is 5. The maximum atomic E-state index is 12.3. The fraction of sp³-hybridized carbons (Fsp3) is 0.692. The summed E-state index contributed by atoms with van der Waals surface area (Å²) < 4.78 is 33.1. The fourth-order valence-electron chi connectivity index (χ4n) is 2.11. The molecule has 2 rings (SSSR count). The largest absolute Gasteiger partial charge is 0.452 e. The Morgan fingerprint density at radius 3 is 3.00 bits per heavy atom. The zero-order chi connectivity index (χ0) is 15.3. The first-order valence-corrected chi connectivity index (χ1v) is 10.5. The number of hydrogen-bond donors (Lipinski definition) is 2. The Kier molecular flexibility index (Phi) is 6.61. The molecule has 2 heterocycles. The van der Waals surface area contributed by atoms with Gasteiger partial charge in [0.2, 0.25) is 10.0 Å². The van der Waals surface area contributed by atoms with Crippen molar-refractivity contribution in [2.24, 2.45) is 5.92 Å². The highest BCUT2D eigenvalue weighted by atomic mass is 79.9. The van der Waals surface area contributed by atoms with Crippen LogP contribution in [-0.4, -0.2) is 33.0 Å². The van der Waals surface area contributed by atoms with Gasteiger partial charge in [-0.2, -0.15) is 11.8 Å². The Morgan fingerprint density at radius 2 is 2.33 bits per heavy atom. The van der Waals surface area contributed by atoms with E-state index >= 15 is 0 Å². The standard InChI is InChI=1S/C13H21BrN2O3S2/c1-2-4-15-8-11-6-12(13(14)19-11)21(17,18)16-7-10-3-5-20-9-10/h6,10,15-16H,2-5,7-9H2,1H3. The van der Waals surface area contributed by atoms with Crippen molar-refractivity contribution in [1.29, 1.82) is 0 Å². The summed E-state index contributed by atoms with van der Waals surface area (Å²) in [6, 6.07) is 1.58. The maximum Gasteiger partial charge on any atom is 0.244 e. The third kappa shape index (κ3) is 4.99. The second-order valence-electron chi connectivity index (χ2n) is 5.11. The number of rotatable bonds is 8. The molecule has 0 spiro atoms. The summed E-state index contributed by atoms with van der Waals surface area (Å²) >= 11 is 5.07. The van der Waals surface area contributed by atoms with Gasteiger partial charge in [-0.25, -0.2) is 13.1 Å². The predicted octanol–water partition coefficient (Wildman–Crippen LogP) is 2.57. The predicted molar refractivity (Wildman–Crippen MR) is 89.0 cm³/mol. The molecule has 1 aromatic rings. The molecule has 1 fully saturated rings. The van der Waals surface area contributed by atoms with Crippen molar-refractivity contribution < 1.29 is 12.8 Å². The van der Waals surface area contributed by atoms with Crippen LogP contribution >= 0.6 is 27.7 Å². The summed E-state index contributed by atoms with van der Waals surface area (Å²) in [5.74, 6) is 3.20. The van der Waals surface area contributed by atoms with Gasteiger partial charge in [-0.15, -0.1) is 0 Å². The average Bonchev–Trinajstić information content (AvgIpc) is 3.07. The zero-order valence-electron chi connectivity index (χ0n) is 12.0. The summed E-state index contributed by atoms with van der Waals surface area (Å²) in [5, 5.41) is 3.19. The highest BCUT2D eigenvalue weighted by Gasteiger charge is 2.24. The minimum atomic E-state index is -3.52. The van der Waals surface area contributed by atoms with Crippen LogP contribution in [0.5, 0.6) is 0 Å². The van der Waals surface area contributed by atoms with Crippen LogP contribution in [0.25, 0.3) is 0 Å². The summed E-state index contributed by atoms with van der Waals surface area (Å²) in [4.78, 5) is 0.182. The Morgan fingerprint density at radius 1 is 1.52 bits per heavy atom. The van der Waals surface area contributed by atoms with E-state index in [1.807, 2.05) is 11.8 Å². The number of furan rings is 1. The van der Waals surface area contributed by atoms with Gasteiger partial charge in [0.25, 0.3) is 0 Å². The van der Waals surface area contributed by atoms with E-state index in [9.17, 15) is 8.42 Å². The molecule has 0 saturated carbocycles. The summed E-state index contributed by atoms with van der Waals surface area (Å²) in [6.45, 7) is 3.97. The number of halogens is 1. The lowest BCUT2D eigenvalue weighted by Crippen LogP contribution is -2.29. The monoisotopic (exact) mass is 396 g/mol. The summed E-state index contributed by atoms with van der Waals surface area (Å²) in [5.41, 5.74) is 0. The molecule has 0 amide bonds. The summed E-state index contributed by atoms with van der Waals surface area (Å²) in [6.07, 6.45) is 2.10. The van der Waals surface area contributed by atoms with Crippen LogP contribution < -0.4 is 10.0 Å². The van der Waals surface area contributed by atoms with Gasteiger partial charge in [-0.3, -0.25) is 0 Å².